The van der Waals surface area contributed by atoms with Gasteiger partial charge in [0.05, 0.1) is 0 Å². The van der Waals surface area contributed by atoms with E-state index in [0.717, 1.165) is 16.6 Å². The second-order valence-electron chi connectivity index (χ2n) is 3.90. The standard InChI is InChI=1S/C14H13BrN2O/c1-17(13-6-8-16-9-7-13)14(18)12-4-2-11(10-15)3-5-12/h2-9H,10H2,1H3. The molecule has 0 saturated carbocycles. The molecule has 1 amide bonds. The molecule has 0 spiro atoms. The van der Waals surface area contributed by atoms with Crippen molar-refractivity contribution >= 4 is 27.5 Å². The highest BCUT2D eigenvalue weighted by atomic mass is 79.9. The van der Waals surface area contributed by atoms with E-state index in [1.807, 2.05) is 36.4 Å². The third-order valence-corrected chi connectivity index (χ3v) is 3.36. The summed E-state index contributed by atoms with van der Waals surface area (Å²) in [5.41, 5.74) is 2.66. The van der Waals surface area contributed by atoms with Crippen molar-refractivity contribution in [1.82, 2.24) is 4.98 Å². The van der Waals surface area contributed by atoms with Gasteiger partial charge in [0.1, 0.15) is 0 Å². The van der Waals surface area contributed by atoms with E-state index in [4.69, 9.17) is 0 Å². The van der Waals surface area contributed by atoms with E-state index >= 15 is 0 Å². The molecule has 92 valence electrons. The number of nitrogens with zero attached hydrogens (tertiary/aromatic N) is 2. The average Bonchev–Trinajstić information content (AvgIpc) is 2.47. The van der Waals surface area contributed by atoms with Gasteiger partial charge in [0, 0.05) is 36.0 Å². The first-order valence-corrected chi connectivity index (χ1v) is 6.67. The highest BCUT2D eigenvalue weighted by Gasteiger charge is 2.12. The number of rotatable bonds is 3. The number of hydrogen-bond acceptors (Lipinski definition) is 2. The van der Waals surface area contributed by atoms with Crippen molar-refractivity contribution in [3.63, 3.8) is 0 Å². The van der Waals surface area contributed by atoms with E-state index in [2.05, 4.69) is 20.9 Å². The maximum absolute atomic E-state index is 12.2. The van der Waals surface area contributed by atoms with Crippen molar-refractivity contribution in [1.29, 1.82) is 0 Å². The SMILES string of the molecule is CN(C(=O)c1ccc(CBr)cc1)c1ccncc1. The lowest BCUT2D eigenvalue weighted by molar-refractivity contribution is 0.0993. The van der Waals surface area contributed by atoms with Crippen molar-refractivity contribution in [3.05, 3.63) is 59.9 Å². The smallest absolute Gasteiger partial charge is 0.258 e. The van der Waals surface area contributed by atoms with Crippen LogP contribution in [0.4, 0.5) is 5.69 Å². The fourth-order valence-electron chi connectivity index (χ4n) is 1.61. The monoisotopic (exact) mass is 304 g/mol. The fraction of sp³-hybridized carbons (Fsp3) is 0.143. The van der Waals surface area contributed by atoms with Crippen LogP contribution in [0.3, 0.4) is 0 Å². The Bertz CT molecular complexity index is 525. The van der Waals surface area contributed by atoms with Crippen molar-refractivity contribution in [2.75, 3.05) is 11.9 Å². The number of halogens is 1. The van der Waals surface area contributed by atoms with E-state index in [-0.39, 0.29) is 5.91 Å². The number of hydrogen-bond donors (Lipinski definition) is 0. The number of anilines is 1. The van der Waals surface area contributed by atoms with Gasteiger partial charge in [-0.3, -0.25) is 9.78 Å². The number of pyridine rings is 1. The van der Waals surface area contributed by atoms with Gasteiger partial charge in [-0.05, 0) is 29.8 Å². The minimum Gasteiger partial charge on any atom is -0.311 e. The number of benzene rings is 1. The Morgan fingerprint density at radius 3 is 2.33 bits per heavy atom. The lowest BCUT2D eigenvalue weighted by Gasteiger charge is -2.17. The molecule has 1 aromatic carbocycles. The zero-order valence-electron chi connectivity index (χ0n) is 10.0. The zero-order valence-corrected chi connectivity index (χ0v) is 11.6. The Balaban J connectivity index is 2.20. The van der Waals surface area contributed by atoms with Crippen LogP contribution in [0.2, 0.25) is 0 Å². The predicted octanol–water partition coefficient (Wildman–Crippen LogP) is 3.25. The number of carbonyl (C=O) groups is 1. The lowest BCUT2D eigenvalue weighted by Crippen LogP contribution is -2.26. The molecule has 0 saturated heterocycles. The minimum absolute atomic E-state index is 0.0256. The lowest BCUT2D eigenvalue weighted by atomic mass is 10.1. The Kier molecular flexibility index (Phi) is 4.10. The molecule has 2 aromatic rings. The molecule has 0 N–H and O–H groups in total. The van der Waals surface area contributed by atoms with Gasteiger partial charge in [-0.25, -0.2) is 0 Å². The molecule has 0 radical (unpaired) electrons. The largest absolute Gasteiger partial charge is 0.311 e. The third-order valence-electron chi connectivity index (χ3n) is 2.71. The number of amides is 1. The van der Waals surface area contributed by atoms with Gasteiger partial charge in [-0.2, -0.15) is 0 Å². The zero-order chi connectivity index (χ0) is 13.0. The quantitative estimate of drug-likeness (QED) is 0.816. The summed E-state index contributed by atoms with van der Waals surface area (Å²) in [6.07, 6.45) is 3.35. The van der Waals surface area contributed by atoms with Crippen LogP contribution in [-0.4, -0.2) is 17.9 Å². The van der Waals surface area contributed by atoms with Crippen molar-refractivity contribution < 1.29 is 4.79 Å². The van der Waals surface area contributed by atoms with Crippen LogP contribution in [0, 0.1) is 0 Å². The van der Waals surface area contributed by atoms with Crippen LogP contribution in [0.25, 0.3) is 0 Å². The molecular weight excluding hydrogens is 292 g/mol. The first kappa shape index (κ1) is 12.8. The van der Waals surface area contributed by atoms with Gasteiger partial charge in [0.25, 0.3) is 5.91 Å². The Hall–Kier alpha value is -1.68. The summed E-state index contributed by atoms with van der Waals surface area (Å²) in [5.74, 6) is -0.0256. The summed E-state index contributed by atoms with van der Waals surface area (Å²) in [5, 5.41) is 0.793. The second-order valence-corrected chi connectivity index (χ2v) is 4.46. The Morgan fingerprint density at radius 2 is 1.78 bits per heavy atom. The number of alkyl halides is 1. The van der Waals surface area contributed by atoms with E-state index in [1.54, 1.807) is 24.3 Å². The average molecular weight is 305 g/mol. The van der Waals surface area contributed by atoms with E-state index in [1.165, 1.54) is 0 Å². The predicted molar refractivity (Wildman–Crippen MR) is 76.0 cm³/mol. The van der Waals surface area contributed by atoms with Crippen LogP contribution in [0.5, 0.6) is 0 Å². The molecule has 0 fully saturated rings. The first-order valence-electron chi connectivity index (χ1n) is 5.55. The molecule has 0 bridgehead atoms. The van der Waals surface area contributed by atoms with Crippen LogP contribution < -0.4 is 4.90 Å². The van der Waals surface area contributed by atoms with Gasteiger partial charge in [0.2, 0.25) is 0 Å². The van der Waals surface area contributed by atoms with Crippen LogP contribution in [-0.2, 0) is 5.33 Å². The molecule has 18 heavy (non-hydrogen) atoms. The first-order chi connectivity index (χ1) is 8.72. The Labute approximate surface area is 115 Å². The topological polar surface area (TPSA) is 33.2 Å². The molecule has 1 aromatic heterocycles. The summed E-state index contributed by atoms with van der Waals surface area (Å²) in [6.45, 7) is 0. The molecule has 3 nitrogen and oxygen atoms in total. The molecule has 1 heterocycles. The summed E-state index contributed by atoms with van der Waals surface area (Å²) in [7, 11) is 1.76. The second kappa shape index (κ2) is 5.78. The summed E-state index contributed by atoms with van der Waals surface area (Å²) in [4.78, 5) is 17.8. The fourth-order valence-corrected chi connectivity index (χ4v) is 1.99. The van der Waals surface area contributed by atoms with Gasteiger partial charge < -0.3 is 4.90 Å². The number of carbonyl (C=O) groups excluding carboxylic acids is 1. The van der Waals surface area contributed by atoms with Crippen LogP contribution in [0.15, 0.2) is 48.8 Å². The molecule has 0 unspecified atom stereocenters. The van der Waals surface area contributed by atoms with Gasteiger partial charge in [0.15, 0.2) is 0 Å². The van der Waals surface area contributed by atoms with E-state index in [9.17, 15) is 4.79 Å². The van der Waals surface area contributed by atoms with Crippen molar-refractivity contribution in [3.8, 4) is 0 Å². The maximum atomic E-state index is 12.2. The van der Waals surface area contributed by atoms with E-state index in [0.29, 0.717) is 5.56 Å². The molecule has 0 aliphatic rings. The van der Waals surface area contributed by atoms with Crippen molar-refractivity contribution in [2.24, 2.45) is 0 Å². The Morgan fingerprint density at radius 1 is 1.17 bits per heavy atom. The molecule has 0 aliphatic carbocycles. The van der Waals surface area contributed by atoms with Crippen LogP contribution >= 0.6 is 15.9 Å². The van der Waals surface area contributed by atoms with Crippen molar-refractivity contribution in [2.45, 2.75) is 5.33 Å². The molecular formula is C14H13BrN2O. The van der Waals surface area contributed by atoms with Gasteiger partial charge >= 0.3 is 0 Å². The minimum atomic E-state index is -0.0256. The normalized spacial score (nSPS) is 10.1. The summed E-state index contributed by atoms with van der Waals surface area (Å²) in [6, 6.07) is 11.2. The maximum Gasteiger partial charge on any atom is 0.258 e. The summed E-state index contributed by atoms with van der Waals surface area (Å²) < 4.78 is 0. The molecule has 2 rings (SSSR count). The molecule has 0 aliphatic heterocycles. The number of aromatic nitrogens is 1. The molecule has 0 atom stereocenters. The van der Waals surface area contributed by atoms with Crippen LogP contribution in [0.1, 0.15) is 15.9 Å². The van der Waals surface area contributed by atoms with Gasteiger partial charge in [-0.1, -0.05) is 28.1 Å². The highest BCUT2D eigenvalue weighted by molar-refractivity contribution is 9.08. The highest BCUT2D eigenvalue weighted by Crippen LogP contribution is 2.15. The third kappa shape index (κ3) is 2.76. The van der Waals surface area contributed by atoms with Gasteiger partial charge in [-0.15, -0.1) is 0 Å². The van der Waals surface area contributed by atoms with E-state index < -0.39 is 0 Å². The molecule has 4 heteroatoms. The summed E-state index contributed by atoms with van der Waals surface area (Å²) >= 11 is 3.38.